The van der Waals surface area contributed by atoms with Crippen LogP contribution >= 0.6 is 11.6 Å². The summed E-state index contributed by atoms with van der Waals surface area (Å²) in [5, 5.41) is 5.53. The SMILES string of the molecule is O=C(CNC(=O)c1ccccc1Cl)NCc1ccc(S(=O)(=O)N2CCCCC2)cc1. The van der Waals surface area contributed by atoms with Crippen molar-refractivity contribution < 1.29 is 18.0 Å². The van der Waals surface area contributed by atoms with Crippen molar-refractivity contribution in [3.63, 3.8) is 0 Å². The van der Waals surface area contributed by atoms with Crippen LogP contribution in [0.5, 0.6) is 0 Å². The molecular weight excluding hydrogens is 426 g/mol. The normalized spacial score (nSPS) is 14.8. The molecule has 0 bridgehead atoms. The highest BCUT2D eigenvalue weighted by Gasteiger charge is 2.25. The van der Waals surface area contributed by atoms with Gasteiger partial charge < -0.3 is 10.6 Å². The summed E-state index contributed by atoms with van der Waals surface area (Å²) in [6.45, 7) is 1.15. The molecule has 0 saturated carbocycles. The maximum Gasteiger partial charge on any atom is 0.253 e. The van der Waals surface area contributed by atoms with E-state index in [0.29, 0.717) is 23.7 Å². The molecule has 2 N–H and O–H groups in total. The Kier molecular flexibility index (Phi) is 7.47. The summed E-state index contributed by atoms with van der Waals surface area (Å²) in [6.07, 6.45) is 2.83. The lowest BCUT2D eigenvalue weighted by atomic mass is 10.2. The van der Waals surface area contributed by atoms with Crippen molar-refractivity contribution in [3.8, 4) is 0 Å². The molecule has 9 heteroatoms. The van der Waals surface area contributed by atoms with Gasteiger partial charge in [-0.05, 0) is 42.7 Å². The number of sulfonamides is 1. The van der Waals surface area contributed by atoms with Crippen LogP contribution in [0.25, 0.3) is 0 Å². The molecule has 0 spiro atoms. The second-order valence-corrected chi connectivity index (χ2v) is 9.39. The monoisotopic (exact) mass is 449 g/mol. The molecule has 1 aliphatic heterocycles. The molecule has 1 heterocycles. The number of carbonyl (C=O) groups is 2. The van der Waals surface area contributed by atoms with Gasteiger partial charge in [0, 0.05) is 19.6 Å². The van der Waals surface area contributed by atoms with E-state index in [2.05, 4.69) is 10.6 Å². The Labute approximate surface area is 181 Å². The highest BCUT2D eigenvalue weighted by Crippen LogP contribution is 2.20. The van der Waals surface area contributed by atoms with E-state index in [4.69, 9.17) is 11.6 Å². The predicted octanol–water partition coefficient (Wildman–Crippen LogP) is 2.56. The van der Waals surface area contributed by atoms with Gasteiger partial charge in [-0.15, -0.1) is 0 Å². The Hall–Kier alpha value is -2.42. The van der Waals surface area contributed by atoms with E-state index in [1.165, 1.54) is 4.31 Å². The third-order valence-corrected chi connectivity index (χ3v) is 7.14. The van der Waals surface area contributed by atoms with Crippen LogP contribution in [0.4, 0.5) is 0 Å². The van der Waals surface area contributed by atoms with Gasteiger partial charge in [0.15, 0.2) is 0 Å². The first-order valence-corrected chi connectivity index (χ1v) is 11.6. The van der Waals surface area contributed by atoms with Gasteiger partial charge in [-0.25, -0.2) is 8.42 Å². The molecule has 1 saturated heterocycles. The van der Waals surface area contributed by atoms with E-state index < -0.39 is 15.9 Å². The summed E-state index contributed by atoms with van der Waals surface area (Å²) in [4.78, 5) is 24.3. The first-order valence-electron chi connectivity index (χ1n) is 9.76. The summed E-state index contributed by atoms with van der Waals surface area (Å²) in [6, 6.07) is 13.1. The second-order valence-electron chi connectivity index (χ2n) is 7.05. The van der Waals surface area contributed by atoms with E-state index in [0.717, 1.165) is 24.8 Å². The molecule has 1 aliphatic rings. The van der Waals surface area contributed by atoms with Gasteiger partial charge in [0.25, 0.3) is 5.91 Å². The Morgan fingerprint density at radius 3 is 2.27 bits per heavy atom. The maximum atomic E-state index is 12.7. The highest BCUT2D eigenvalue weighted by atomic mass is 35.5. The number of nitrogens with zero attached hydrogens (tertiary/aromatic N) is 1. The third-order valence-electron chi connectivity index (χ3n) is 4.89. The lowest BCUT2D eigenvalue weighted by molar-refractivity contribution is -0.120. The number of hydrogen-bond donors (Lipinski definition) is 2. The zero-order valence-electron chi connectivity index (χ0n) is 16.4. The van der Waals surface area contributed by atoms with Crippen LogP contribution in [-0.2, 0) is 21.4 Å². The van der Waals surface area contributed by atoms with Crippen LogP contribution in [0.1, 0.15) is 35.2 Å². The Morgan fingerprint density at radius 1 is 0.933 bits per heavy atom. The van der Waals surface area contributed by atoms with Crippen molar-refractivity contribution in [3.05, 3.63) is 64.7 Å². The van der Waals surface area contributed by atoms with Crippen molar-refractivity contribution in [2.75, 3.05) is 19.6 Å². The van der Waals surface area contributed by atoms with Crippen molar-refractivity contribution in [1.29, 1.82) is 0 Å². The molecule has 0 unspecified atom stereocenters. The predicted molar refractivity (Wildman–Crippen MR) is 115 cm³/mol. The lowest BCUT2D eigenvalue weighted by Gasteiger charge is -2.25. The summed E-state index contributed by atoms with van der Waals surface area (Å²) >= 11 is 5.96. The topological polar surface area (TPSA) is 95.6 Å². The van der Waals surface area contributed by atoms with Gasteiger partial charge in [0.1, 0.15) is 0 Å². The van der Waals surface area contributed by atoms with E-state index in [9.17, 15) is 18.0 Å². The van der Waals surface area contributed by atoms with Crippen LogP contribution < -0.4 is 10.6 Å². The van der Waals surface area contributed by atoms with Gasteiger partial charge in [-0.1, -0.05) is 42.3 Å². The molecule has 0 aromatic heterocycles. The van der Waals surface area contributed by atoms with E-state index in [-0.39, 0.29) is 23.9 Å². The number of benzene rings is 2. The van der Waals surface area contributed by atoms with Crippen molar-refractivity contribution in [1.82, 2.24) is 14.9 Å². The first-order chi connectivity index (χ1) is 14.4. The number of amides is 2. The molecule has 2 aromatic carbocycles. The number of nitrogens with one attached hydrogen (secondary N) is 2. The molecule has 7 nitrogen and oxygen atoms in total. The summed E-state index contributed by atoms with van der Waals surface area (Å²) in [5.41, 5.74) is 1.07. The minimum Gasteiger partial charge on any atom is -0.350 e. The average Bonchev–Trinajstić information content (AvgIpc) is 2.77. The zero-order valence-corrected chi connectivity index (χ0v) is 18.0. The van der Waals surface area contributed by atoms with Crippen molar-refractivity contribution in [2.24, 2.45) is 0 Å². The van der Waals surface area contributed by atoms with Gasteiger partial charge in [0.2, 0.25) is 15.9 Å². The van der Waals surface area contributed by atoms with E-state index in [1.54, 1.807) is 48.5 Å². The smallest absolute Gasteiger partial charge is 0.253 e. The maximum absolute atomic E-state index is 12.7. The summed E-state index contributed by atoms with van der Waals surface area (Å²) in [7, 11) is -3.47. The molecule has 160 valence electrons. The number of rotatable bonds is 7. The molecule has 30 heavy (non-hydrogen) atoms. The molecule has 3 rings (SSSR count). The number of piperidine rings is 1. The first kappa shape index (κ1) is 22.3. The summed E-state index contributed by atoms with van der Waals surface area (Å²) in [5.74, 6) is -0.788. The molecule has 2 aromatic rings. The minimum absolute atomic E-state index is 0.189. The van der Waals surface area contributed by atoms with Crippen molar-refractivity contribution >= 4 is 33.4 Å². The number of hydrogen-bond acceptors (Lipinski definition) is 4. The molecule has 1 fully saturated rings. The third kappa shape index (κ3) is 5.59. The molecule has 2 amide bonds. The van der Waals surface area contributed by atoms with Gasteiger partial charge in [-0.3, -0.25) is 9.59 Å². The fraction of sp³-hybridized carbons (Fsp3) is 0.333. The van der Waals surface area contributed by atoms with Crippen LogP contribution in [0.3, 0.4) is 0 Å². The number of carbonyl (C=O) groups excluding carboxylic acids is 2. The summed E-state index contributed by atoms with van der Waals surface area (Å²) < 4.78 is 26.8. The fourth-order valence-corrected chi connectivity index (χ4v) is 4.94. The highest BCUT2D eigenvalue weighted by molar-refractivity contribution is 7.89. The Balaban J connectivity index is 1.49. The quantitative estimate of drug-likeness (QED) is 0.679. The molecular formula is C21H24ClN3O4S. The van der Waals surface area contributed by atoms with Gasteiger partial charge in [0.05, 0.1) is 22.0 Å². The second kappa shape index (κ2) is 10.1. The van der Waals surface area contributed by atoms with E-state index >= 15 is 0 Å². The number of halogens is 1. The Morgan fingerprint density at radius 2 is 1.60 bits per heavy atom. The Bertz CT molecular complexity index is 1000. The van der Waals surface area contributed by atoms with E-state index in [1.807, 2.05) is 0 Å². The van der Waals surface area contributed by atoms with Gasteiger partial charge in [-0.2, -0.15) is 4.31 Å². The standard InChI is InChI=1S/C21H24ClN3O4S/c22-19-7-3-2-6-18(19)21(27)24-15-20(26)23-14-16-8-10-17(11-9-16)30(28,29)25-12-4-1-5-13-25/h2-3,6-11H,1,4-5,12-15H2,(H,23,26)(H,24,27). The fourth-order valence-electron chi connectivity index (χ4n) is 3.20. The lowest BCUT2D eigenvalue weighted by Crippen LogP contribution is -2.36. The van der Waals surface area contributed by atoms with Crippen LogP contribution in [0, 0.1) is 0 Å². The van der Waals surface area contributed by atoms with Gasteiger partial charge >= 0.3 is 0 Å². The van der Waals surface area contributed by atoms with Crippen LogP contribution in [0.2, 0.25) is 5.02 Å². The molecule has 0 atom stereocenters. The minimum atomic E-state index is -3.47. The van der Waals surface area contributed by atoms with Crippen LogP contribution in [0.15, 0.2) is 53.4 Å². The molecule has 0 aliphatic carbocycles. The average molecular weight is 450 g/mol. The largest absolute Gasteiger partial charge is 0.350 e. The molecule has 0 radical (unpaired) electrons. The zero-order chi connectivity index (χ0) is 21.6. The van der Waals surface area contributed by atoms with Crippen molar-refractivity contribution in [2.45, 2.75) is 30.7 Å². The van der Waals surface area contributed by atoms with Crippen LogP contribution in [-0.4, -0.2) is 44.2 Å².